The number of aromatic nitrogens is 2. The molecular formula is C22H21N3O3S. The second-order valence-corrected chi connectivity index (χ2v) is 8.18. The van der Waals surface area contributed by atoms with Crippen molar-refractivity contribution in [3.8, 4) is 22.9 Å². The van der Waals surface area contributed by atoms with Crippen LogP contribution in [0.3, 0.4) is 0 Å². The predicted octanol–water partition coefficient (Wildman–Crippen LogP) is 5.67. The first-order valence-electron chi connectivity index (χ1n) is 9.23. The Kier molecular flexibility index (Phi) is 5.31. The van der Waals surface area contributed by atoms with E-state index in [1.54, 1.807) is 12.5 Å². The monoisotopic (exact) mass is 407 g/mol. The van der Waals surface area contributed by atoms with Crippen molar-refractivity contribution >= 4 is 23.4 Å². The maximum Gasteiger partial charge on any atom is 0.237 e. The topological polar surface area (TPSA) is 84.1 Å². The van der Waals surface area contributed by atoms with Crippen LogP contribution in [0.5, 0.6) is 0 Å². The molecule has 0 bridgehead atoms. The smallest absolute Gasteiger partial charge is 0.237 e. The number of imidazole rings is 1. The Labute approximate surface area is 172 Å². The normalized spacial score (nSPS) is 12.1. The van der Waals surface area contributed by atoms with Gasteiger partial charge in [-0.15, -0.1) is 0 Å². The number of nitrogens with zero attached hydrogens (tertiary/aromatic N) is 1. The van der Waals surface area contributed by atoms with Gasteiger partial charge in [0.25, 0.3) is 0 Å². The lowest BCUT2D eigenvalue weighted by Gasteiger charge is -2.11. The van der Waals surface area contributed by atoms with Crippen molar-refractivity contribution in [1.29, 1.82) is 0 Å². The first-order chi connectivity index (χ1) is 14.0. The number of carbonyl (C=O) groups excluding carboxylic acids is 1. The van der Waals surface area contributed by atoms with Crippen LogP contribution >= 0.6 is 11.8 Å². The van der Waals surface area contributed by atoms with E-state index >= 15 is 0 Å². The molecule has 2 N–H and O–H groups in total. The van der Waals surface area contributed by atoms with Crippen molar-refractivity contribution in [2.24, 2.45) is 0 Å². The molecule has 0 aliphatic heterocycles. The van der Waals surface area contributed by atoms with Gasteiger partial charge in [-0.2, -0.15) is 0 Å². The molecule has 1 amide bonds. The first-order valence-corrected chi connectivity index (χ1v) is 10.1. The highest BCUT2D eigenvalue weighted by Crippen LogP contribution is 2.34. The molecule has 6 nitrogen and oxygen atoms in total. The minimum atomic E-state index is -0.351. The summed E-state index contributed by atoms with van der Waals surface area (Å²) in [6.07, 6.45) is 3.21. The van der Waals surface area contributed by atoms with E-state index < -0.39 is 0 Å². The third-order valence-corrected chi connectivity index (χ3v) is 5.34. The molecule has 7 heteroatoms. The molecule has 0 fully saturated rings. The quantitative estimate of drug-likeness (QED) is 0.403. The van der Waals surface area contributed by atoms with Crippen molar-refractivity contribution in [3.05, 3.63) is 66.1 Å². The Morgan fingerprint density at radius 3 is 2.34 bits per heavy atom. The molecule has 1 unspecified atom stereocenters. The van der Waals surface area contributed by atoms with Gasteiger partial charge in [0.2, 0.25) is 5.91 Å². The van der Waals surface area contributed by atoms with Gasteiger partial charge in [-0.1, -0.05) is 17.8 Å². The highest BCUT2D eigenvalue weighted by molar-refractivity contribution is 8.00. The number of amides is 1. The molecular weight excluding hydrogens is 386 g/mol. The fourth-order valence-electron chi connectivity index (χ4n) is 3.11. The standard InChI is InChI=1S/C22H21N3O3S/c1-13-10-14(2)12-16(11-13)23-21(26)15(3)29-22-24-19(17-6-4-8-27-17)20(25-22)18-7-5-9-28-18/h4-12,15H,1-3H3,(H,23,26)(H,24,25). The summed E-state index contributed by atoms with van der Waals surface area (Å²) in [5, 5.41) is 3.25. The molecule has 0 saturated heterocycles. The third kappa shape index (κ3) is 4.30. The number of anilines is 1. The van der Waals surface area contributed by atoms with Crippen molar-refractivity contribution < 1.29 is 13.6 Å². The number of furan rings is 2. The summed E-state index contributed by atoms with van der Waals surface area (Å²) in [6.45, 7) is 5.87. The lowest BCUT2D eigenvalue weighted by molar-refractivity contribution is -0.115. The maximum absolute atomic E-state index is 12.7. The van der Waals surface area contributed by atoms with Gasteiger partial charge in [0, 0.05) is 5.69 Å². The van der Waals surface area contributed by atoms with Crippen LogP contribution in [-0.4, -0.2) is 21.1 Å². The second kappa shape index (κ2) is 8.05. The molecule has 1 atom stereocenters. The number of carbonyl (C=O) groups is 1. The number of benzene rings is 1. The fourth-order valence-corrected chi connectivity index (χ4v) is 3.92. The molecule has 4 aromatic rings. The zero-order chi connectivity index (χ0) is 20.4. The summed E-state index contributed by atoms with van der Waals surface area (Å²) in [5.41, 5.74) is 4.38. The largest absolute Gasteiger partial charge is 0.463 e. The highest BCUT2D eigenvalue weighted by Gasteiger charge is 2.22. The van der Waals surface area contributed by atoms with Crippen molar-refractivity contribution in [2.45, 2.75) is 31.2 Å². The molecule has 0 aliphatic rings. The van der Waals surface area contributed by atoms with Gasteiger partial charge in [-0.25, -0.2) is 4.98 Å². The minimum absolute atomic E-state index is 0.0875. The van der Waals surface area contributed by atoms with E-state index in [9.17, 15) is 4.79 Å². The van der Waals surface area contributed by atoms with Crippen LogP contribution in [0.1, 0.15) is 18.1 Å². The lowest BCUT2D eigenvalue weighted by atomic mass is 10.1. The molecule has 3 aromatic heterocycles. The number of rotatable bonds is 6. The van der Waals surface area contributed by atoms with Crippen LogP contribution in [-0.2, 0) is 4.79 Å². The van der Waals surface area contributed by atoms with Crippen molar-refractivity contribution in [1.82, 2.24) is 9.97 Å². The van der Waals surface area contributed by atoms with E-state index in [1.165, 1.54) is 11.8 Å². The van der Waals surface area contributed by atoms with Gasteiger partial charge >= 0.3 is 0 Å². The molecule has 29 heavy (non-hydrogen) atoms. The second-order valence-electron chi connectivity index (χ2n) is 6.85. The SMILES string of the molecule is Cc1cc(C)cc(NC(=O)C(C)Sc2nc(-c3ccco3)c(-c3ccco3)[nH]2)c1. The zero-order valence-electron chi connectivity index (χ0n) is 16.4. The Balaban J connectivity index is 1.54. The van der Waals surface area contributed by atoms with E-state index in [2.05, 4.69) is 21.4 Å². The van der Waals surface area contributed by atoms with Gasteiger partial charge in [0.15, 0.2) is 16.7 Å². The number of aromatic amines is 1. The van der Waals surface area contributed by atoms with Gasteiger partial charge in [0.1, 0.15) is 11.4 Å². The van der Waals surface area contributed by atoms with Crippen LogP contribution in [0.15, 0.2) is 69.0 Å². The number of H-pyrrole nitrogens is 1. The van der Waals surface area contributed by atoms with Crippen LogP contribution in [0, 0.1) is 13.8 Å². The summed E-state index contributed by atoms with van der Waals surface area (Å²) < 4.78 is 11.0. The number of aryl methyl sites for hydroxylation is 2. The van der Waals surface area contributed by atoms with Gasteiger partial charge in [-0.05, 0) is 68.3 Å². The summed E-state index contributed by atoms with van der Waals surface area (Å²) in [7, 11) is 0. The van der Waals surface area contributed by atoms with E-state index in [0.717, 1.165) is 22.5 Å². The van der Waals surface area contributed by atoms with Gasteiger partial charge in [0.05, 0.1) is 17.8 Å². The average molecular weight is 407 g/mol. The lowest BCUT2D eigenvalue weighted by Crippen LogP contribution is -2.22. The molecule has 0 aliphatic carbocycles. The zero-order valence-corrected chi connectivity index (χ0v) is 17.2. The summed E-state index contributed by atoms with van der Waals surface area (Å²) >= 11 is 1.35. The minimum Gasteiger partial charge on any atom is -0.463 e. The Morgan fingerprint density at radius 1 is 1.07 bits per heavy atom. The molecule has 0 radical (unpaired) electrons. The maximum atomic E-state index is 12.7. The summed E-state index contributed by atoms with van der Waals surface area (Å²) in [4.78, 5) is 20.6. The van der Waals surface area contributed by atoms with Gasteiger partial charge in [-0.3, -0.25) is 4.79 Å². The van der Waals surface area contributed by atoms with Crippen molar-refractivity contribution in [3.63, 3.8) is 0 Å². The van der Waals surface area contributed by atoms with Crippen molar-refractivity contribution in [2.75, 3.05) is 5.32 Å². The van der Waals surface area contributed by atoms with Crippen LogP contribution in [0.4, 0.5) is 5.69 Å². The molecule has 0 spiro atoms. The van der Waals surface area contributed by atoms with Gasteiger partial charge < -0.3 is 19.1 Å². The number of nitrogens with one attached hydrogen (secondary N) is 2. The Hall–Kier alpha value is -3.19. The first kappa shape index (κ1) is 19.1. The number of hydrogen-bond donors (Lipinski definition) is 2. The molecule has 1 aromatic carbocycles. The van der Waals surface area contributed by atoms with E-state index in [-0.39, 0.29) is 11.2 Å². The van der Waals surface area contributed by atoms with E-state index in [0.29, 0.717) is 22.4 Å². The number of thioether (sulfide) groups is 1. The van der Waals surface area contributed by atoms with E-state index in [1.807, 2.05) is 57.2 Å². The molecule has 3 heterocycles. The van der Waals surface area contributed by atoms with Crippen LogP contribution in [0.25, 0.3) is 22.9 Å². The van der Waals surface area contributed by atoms with E-state index in [4.69, 9.17) is 8.83 Å². The fraction of sp³-hybridized carbons (Fsp3) is 0.182. The third-order valence-electron chi connectivity index (χ3n) is 4.35. The van der Waals surface area contributed by atoms with Crippen LogP contribution < -0.4 is 5.32 Å². The number of hydrogen-bond acceptors (Lipinski definition) is 5. The molecule has 148 valence electrons. The molecule has 4 rings (SSSR count). The highest BCUT2D eigenvalue weighted by atomic mass is 32.2. The average Bonchev–Trinajstić information content (AvgIpc) is 3.41. The summed E-state index contributed by atoms with van der Waals surface area (Å²) in [5.74, 6) is 1.20. The summed E-state index contributed by atoms with van der Waals surface area (Å²) in [6, 6.07) is 13.3. The molecule has 0 saturated carbocycles. The Morgan fingerprint density at radius 2 is 1.72 bits per heavy atom. The van der Waals surface area contributed by atoms with Crippen LogP contribution in [0.2, 0.25) is 0 Å². The Bertz CT molecular complexity index is 1040. The predicted molar refractivity (Wildman–Crippen MR) is 114 cm³/mol.